The van der Waals surface area contributed by atoms with Gasteiger partial charge in [0.05, 0.1) is 0 Å². The number of hydrogen-bond donors (Lipinski definition) is 0. The first kappa shape index (κ1) is 15.8. The summed E-state index contributed by atoms with van der Waals surface area (Å²) in [6, 6.07) is 14.9. The van der Waals surface area contributed by atoms with Gasteiger partial charge in [-0.3, -0.25) is 0 Å². The van der Waals surface area contributed by atoms with Gasteiger partial charge >= 0.3 is 0 Å². The number of benzene rings is 2. The number of hydrogen-bond acceptors (Lipinski definition) is 1. The largest absolute Gasteiger partial charge is 0.543 e. The molecule has 0 atom stereocenters. The standard InChI is InChI=1S/C19H26OSi/c1-7-18(20-21(5,6)19(2,3)4)17-14-10-12-15-11-8-9-13-16(15)17/h7-14H,1-6H3/b18-7-. The molecule has 0 aliphatic carbocycles. The molecule has 0 saturated carbocycles. The maximum Gasteiger partial charge on any atom is 0.250 e. The van der Waals surface area contributed by atoms with Gasteiger partial charge < -0.3 is 4.43 Å². The summed E-state index contributed by atoms with van der Waals surface area (Å²) >= 11 is 0. The van der Waals surface area contributed by atoms with E-state index in [0.717, 1.165) is 5.76 Å². The van der Waals surface area contributed by atoms with E-state index in [1.807, 2.05) is 0 Å². The van der Waals surface area contributed by atoms with Crippen LogP contribution in [0.2, 0.25) is 18.1 Å². The molecule has 0 aliphatic rings. The molecule has 0 amide bonds. The third kappa shape index (κ3) is 3.21. The molecule has 0 fully saturated rings. The molecule has 2 heteroatoms. The molecule has 2 aromatic carbocycles. The van der Waals surface area contributed by atoms with Crippen molar-refractivity contribution in [2.75, 3.05) is 0 Å². The Morgan fingerprint density at radius 1 is 1.00 bits per heavy atom. The number of allylic oxidation sites excluding steroid dienone is 1. The van der Waals surface area contributed by atoms with Gasteiger partial charge in [-0.15, -0.1) is 0 Å². The highest BCUT2D eigenvalue weighted by molar-refractivity contribution is 6.74. The van der Waals surface area contributed by atoms with E-state index in [4.69, 9.17) is 4.43 Å². The van der Waals surface area contributed by atoms with E-state index < -0.39 is 8.32 Å². The fourth-order valence-corrected chi connectivity index (χ4v) is 3.22. The van der Waals surface area contributed by atoms with Crippen molar-refractivity contribution < 1.29 is 4.43 Å². The molecule has 0 aromatic heterocycles. The molecule has 112 valence electrons. The lowest BCUT2D eigenvalue weighted by Gasteiger charge is -2.37. The second-order valence-electron chi connectivity index (χ2n) is 7.04. The van der Waals surface area contributed by atoms with Crippen molar-refractivity contribution in [2.24, 2.45) is 0 Å². The molecule has 0 aliphatic heterocycles. The van der Waals surface area contributed by atoms with Crippen LogP contribution in [0.5, 0.6) is 0 Å². The summed E-state index contributed by atoms with van der Waals surface area (Å²) in [5.74, 6) is 1.01. The Labute approximate surface area is 129 Å². The smallest absolute Gasteiger partial charge is 0.250 e. The van der Waals surface area contributed by atoms with Gasteiger partial charge in [0, 0.05) is 5.56 Å². The molecule has 0 spiro atoms. The van der Waals surface area contributed by atoms with Crippen LogP contribution in [0.15, 0.2) is 48.5 Å². The summed E-state index contributed by atoms with van der Waals surface area (Å²) in [5, 5.41) is 2.71. The Morgan fingerprint density at radius 3 is 2.24 bits per heavy atom. The minimum Gasteiger partial charge on any atom is -0.543 e. The first-order valence-electron chi connectivity index (χ1n) is 7.60. The van der Waals surface area contributed by atoms with Crippen LogP contribution in [0.3, 0.4) is 0 Å². The monoisotopic (exact) mass is 298 g/mol. The summed E-state index contributed by atoms with van der Waals surface area (Å²) in [7, 11) is -1.83. The lowest BCUT2D eigenvalue weighted by molar-refractivity contribution is 0.458. The van der Waals surface area contributed by atoms with E-state index in [1.165, 1.54) is 16.3 Å². The van der Waals surface area contributed by atoms with Gasteiger partial charge in [0.2, 0.25) is 8.32 Å². The van der Waals surface area contributed by atoms with Gasteiger partial charge in [0.1, 0.15) is 5.76 Å². The fourth-order valence-electron chi connectivity index (χ4n) is 2.14. The zero-order valence-electron chi connectivity index (χ0n) is 14.0. The Morgan fingerprint density at radius 2 is 1.62 bits per heavy atom. The zero-order valence-corrected chi connectivity index (χ0v) is 15.0. The minimum atomic E-state index is -1.83. The van der Waals surface area contributed by atoms with Crippen LogP contribution in [-0.2, 0) is 4.43 Å². The Balaban J connectivity index is 2.47. The van der Waals surface area contributed by atoms with Gasteiger partial charge in [0.15, 0.2) is 0 Å². The summed E-state index contributed by atoms with van der Waals surface area (Å²) in [6.45, 7) is 13.5. The Hall–Kier alpha value is -1.54. The van der Waals surface area contributed by atoms with Crippen molar-refractivity contribution in [1.29, 1.82) is 0 Å². The predicted octanol–water partition coefficient (Wildman–Crippen LogP) is 6.22. The number of fused-ring (bicyclic) bond motifs is 1. The second kappa shape index (κ2) is 5.68. The second-order valence-corrected chi connectivity index (χ2v) is 11.8. The van der Waals surface area contributed by atoms with Crippen molar-refractivity contribution in [3.05, 3.63) is 54.1 Å². The highest BCUT2D eigenvalue weighted by atomic mass is 28.4. The van der Waals surface area contributed by atoms with E-state index in [0.29, 0.717) is 0 Å². The molecule has 0 radical (unpaired) electrons. The summed E-state index contributed by atoms with van der Waals surface area (Å²) < 4.78 is 6.55. The van der Waals surface area contributed by atoms with E-state index >= 15 is 0 Å². The van der Waals surface area contributed by atoms with Gasteiger partial charge in [-0.05, 0) is 41.9 Å². The van der Waals surface area contributed by atoms with E-state index in [-0.39, 0.29) is 5.04 Å². The van der Waals surface area contributed by atoms with Gasteiger partial charge in [-0.25, -0.2) is 0 Å². The highest BCUT2D eigenvalue weighted by Gasteiger charge is 2.39. The molecular formula is C19H26OSi. The first-order chi connectivity index (χ1) is 9.76. The maximum atomic E-state index is 6.55. The molecule has 2 aromatic rings. The fraction of sp³-hybridized carbons (Fsp3) is 0.368. The molecule has 21 heavy (non-hydrogen) atoms. The highest BCUT2D eigenvalue weighted by Crippen LogP contribution is 2.40. The van der Waals surface area contributed by atoms with E-state index in [9.17, 15) is 0 Å². The topological polar surface area (TPSA) is 9.23 Å². The van der Waals surface area contributed by atoms with E-state index in [1.54, 1.807) is 0 Å². The van der Waals surface area contributed by atoms with Crippen molar-refractivity contribution in [1.82, 2.24) is 0 Å². The average molecular weight is 299 g/mol. The predicted molar refractivity (Wildman–Crippen MR) is 95.9 cm³/mol. The van der Waals surface area contributed by atoms with Crippen LogP contribution in [-0.4, -0.2) is 8.32 Å². The van der Waals surface area contributed by atoms with Crippen molar-refractivity contribution in [2.45, 2.75) is 45.8 Å². The maximum absolute atomic E-state index is 6.55. The zero-order chi connectivity index (χ0) is 15.7. The molecular weight excluding hydrogens is 272 g/mol. The Kier molecular flexibility index (Phi) is 4.29. The molecule has 0 saturated heterocycles. The first-order valence-corrected chi connectivity index (χ1v) is 10.5. The third-order valence-electron chi connectivity index (χ3n) is 4.49. The summed E-state index contributed by atoms with van der Waals surface area (Å²) in [4.78, 5) is 0. The molecule has 0 N–H and O–H groups in total. The summed E-state index contributed by atoms with van der Waals surface area (Å²) in [5.41, 5.74) is 1.19. The van der Waals surface area contributed by atoms with Crippen LogP contribution in [0.4, 0.5) is 0 Å². The molecule has 1 nitrogen and oxygen atoms in total. The van der Waals surface area contributed by atoms with Gasteiger partial charge in [0.25, 0.3) is 0 Å². The SMILES string of the molecule is C/C=C(\O[Si](C)(C)C(C)(C)C)c1cccc2ccccc12. The Bertz CT molecular complexity index is 657. The van der Waals surface area contributed by atoms with Gasteiger partial charge in [-0.1, -0.05) is 63.2 Å². The third-order valence-corrected chi connectivity index (χ3v) is 8.83. The molecule has 2 rings (SSSR count). The molecule has 0 heterocycles. The molecule has 0 unspecified atom stereocenters. The van der Waals surface area contributed by atoms with Crippen molar-refractivity contribution >= 4 is 24.8 Å². The van der Waals surface area contributed by atoms with Crippen molar-refractivity contribution in [3.63, 3.8) is 0 Å². The quantitative estimate of drug-likeness (QED) is 0.482. The minimum absolute atomic E-state index is 0.200. The van der Waals surface area contributed by atoms with Crippen LogP contribution >= 0.6 is 0 Å². The van der Waals surface area contributed by atoms with Crippen LogP contribution in [0.25, 0.3) is 16.5 Å². The molecule has 0 bridgehead atoms. The lowest BCUT2D eigenvalue weighted by Crippen LogP contribution is -2.40. The normalized spacial score (nSPS) is 13.5. The van der Waals surface area contributed by atoms with Gasteiger partial charge in [-0.2, -0.15) is 0 Å². The number of rotatable bonds is 3. The summed E-state index contributed by atoms with van der Waals surface area (Å²) in [6.07, 6.45) is 2.10. The van der Waals surface area contributed by atoms with Crippen LogP contribution in [0.1, 0.15) is 33.3 Å². The van der Waals surface area contributed by atoms with E-state index in [2.05, 4.69) is 89.3 Å². The van der Waals surface area contributed by atoms with Crippen LogP contribution < -0.4 is 0 Å². The lowest BCUT2D eigenvalue weighted by atomic mass is 10.0. The van der Waals surface area contributed by atoms with Crippen molar-refractivity contribution in [3.8, 4) is 0 Å². The average Bonchev–Trinajstić information content (AvgIpc) is 2.43. The van der Waals surface area contributed by atoms with Crippen LogP contribution in [0, 0.1) is 0 Å².